The van der Waals surface area contributed by atoms with Crippen LogP contribution < -0.4 is 0 Å². The van der Waals surface area contributed by atoms with E-state index in [1.807, 2.05) is 0 Å². The van der Waals surface area contributed by atoms with Crippen LogP contribution in [0.1, 0.15) is 6.92 Å². The van der Waals surface area contributed by atoms with Gasteiger partial charge in [-0.05, 0) is 5.92 Å². The maximum Gasteiger partial charge on any atom is 0.344 e. The second-order valence-electron chi connectivity index (χ2n) is 2.96. The first-order chi connectivity index (χ1) is 5.77. The van der Waals surface area contributed by atoms with Gasteiger partial charge in [-0.2, -0.15) is 4.58 Å². The maximum absolute atomic E-state index is 8.76. The van der Waals surface area contributed by atoms with Crippen LogP contribution in [0.3, 0.4) is 0 Å². The van der Waals surface area contributed by atoms with Gasteiger partial charge in [0, 0.05) is 6.92 Å². The summed E-state index contributed by atoms with van der Waals surface area (Å²) in [7, 11) is 0.266. The molecular formula is C9H15NOS+2. The zero-order valence-corrected chi connectivity index (χ0v) is 8.18. The Balaban J connectivity index is 2.50. The summed E-state index contributed by atoms with van der Waals surface area (Å²) >= 11 is 0. The minimum absolute atomic E-state index is 0.266. The van der Waals surface area contributed by atoms with E-state index in [0.717, 1.165) is 11.5 Å². The molecule has 0 saturated heterocycles. The molecule has 1 aliphatic rings. The molecule has 0 aromatic heterocycles. The average Bonchev–Trinajstić information content (AvgIpc) is 2.34. The average molecular weight is 185 g/mol. The minimum Gasteiger partial charge on any atom is -0.391 e. The van der Waals surface area contributed by atoms with Crippen molar-refractivity contribution in [3.05, 3.63) is 0 Å². The monoisotopic (exact) mass is 185 g/mol. The predicted octanol–water partition coefficient (Wildman–Crippen LogP) is -0.327. The summed E-state index contributed by atoms with van der Waals surface area (Å²) in [6.45, 7) is 3.17. The van der Waals surface area contributed by atoms with Crippen molar-refractivity contribution in [3.63, 3.8) is 0 Å². The van der Waals surface area contributed by atoms with E-state index in [9.17, 15) is 0 Å². The summed E-state index contributed by atoms with van der Waals surface area (Å²) in [5, 5.41) is 8.76. The molecular weight excluding hydrogens is 170 g/mol. The van der Waals surface area contributed by atoms with Crippen molar-refractivity contribution in [1.29, 1.82) is 0 Å². The van der Waals surface area contributed by atoms with Crippen molar-refractivity contribution < 1.29 is 9.68 Å². The Morgan fingerprint density at radius 1 is 1.83 bits per heavy atom. The lowest BCUT2D eigenvalue weighted by atomic mass is 10.4. The number of aliphatic hydroxyl groups is 1. The van der Waals surface area contributed by atoms with E-state index in [-0.39, 0.29) is 17.5 Å². The number of aliphatic hydroxyl groups excluding tert-OH is 1. The van der Waals surface area contributed by atoms with Crippen molar-refractivity contribution in [1.82, 2.24) is 0 Å². The lowest BCUT2D eigenvalue weighted by molar-refractivity contribution is -0.536. The smallest absolute Gasteiger partial charge is 0.344 e. The SMILES string of the molecule is C#CC[N+]1=C[S+](CCO)CC1C. The molecule has 0 spiro atoms. The Morgan fingerprint density at radius 3 is 3.17 bits per heavy atom. The van der Waals surface area contributed by atoms with Gasteiger partial charge in [-0.25, -0.2) is 0 Å². The van der Waals surface area contributed by atoms with Gasteiger partial charge in [-0.15, -0.1) is 6.42 Å². The lowest BCUT2D eigenvalue weighted by Gasteiger charge is -1.94. The van der Waals surface area contributed by atoms with Crippen LogP contribution in [0, 0.1) is 12.3 Å². The fourth-order valence-corrected chi connectivity index (χ4v) is 3.36. The topological polar surface area (TPSA) is 23.2 Å². The second kappa shape index (κ2) is 4.54. The highest BCUT2D eigenvalue weighted by molar-refractivity contribution is 8.09. The number of rotatable bonds is 3. The molecule has 2 unspecified atom stereocenters. The second-order valence-corrected chi connectivity index (χ2v) is 4.99. The first-order valence-corrected chi connectivity index (χ1v) is 5.72. The summed E-state index contributed by atoms with van der Waals surface area (Å²) in [6, 6.07) is 0.552. The van der Waals surface area contributed by atoms with E-state index >= 15 is 0 Å². The molecule has 1 rings (SSSR count). The third kappa shape index (κ3) is 2.26. The standard InChI is InChI=1S/C9H15NOS/c1-3-4-10-8-12(6-5-11)7-9(10)2/h1,8-9,11H,4-7H2,2H3/q+2. The van der Waals surface area contributed by atoms with Crippen molar-refractivity contribution in [2.24, 2.45) is 0 Å². The Hall–Kier alpha value is -0.460. The molecule has 1 N–H and O–H groups in total. The van der Waals surface area contributed by atoms with Crippen molar-refractivity contribution in [2.75, 3.05) is 24.7 Å². The third-order valence-corrected chi connectivity index (χ3v) is 4.12. The van der Waals surface area contributed by atoms with Gasteiger partial charge in [0.15, 0.2) is 11.8 Å². The van der Waals surface area contributed by atoms with E-state index < -0.39 is 0 Å². The van der Waals surface area contributed by atoms with Crippen LogP contribution in [0.2, 0.25) is 0 Å². The molecule has 66 valence electrons. The number of hydrogen-bond donors (Lipinski definition) is 1. The van der Waals surface area contributed by atoms with Crippen molar-refractivity contribution >= 4 is 16.4 Å². The van der Waals surface area contributed by atoms with Crippen LogP contribution in [-0.2, 0) is 10.9 Å². The van der Waals surface area contributed by atoms with Gasteiger partial charge in [-0.3, -0.25) is 0 Å². The Labute approximate surface area is 76.6 Å². The lowest BCUT2D eigenvalue weighted by Crippen LogP contribution is -2.21. The molecule has 0 saturated carbocycles. The molecule has 0 bridgehead atoms. The highest BCUT2D eigenvalue weighted by Gasteiger charge is 2.36. The van der Waals surface area contributed by atoms with Gasteiger partial charge < -0.3 is 5.11 Å². The normalized spacial score (nSPS) is 28.2. The molecule has 2 nitrogen and oxygen atoms in total. The minimum atomic E-state index is 0.266. The molecule has 0 amide bonds. The van der Waals surface area contributed by atoms with Gasteiger partial charge in [0.2, 0.25) is 6.54 Å². The van der Waals surface area contributed by atoms with Gasteiger partial charge in [0.25, 0.3) is 0 Å². The van der Waals surface area contributed by atoms with Crippen LogP contribution in [0.5, 0.6) is 0 Å². The van der Waals surface area contributed by atoms with Crippen LogP contribution in [-0.4, -0.2) is 45.9 Å². The van der Waals surface area contributed by atoms with E-state index in [1.54, 1.807) is 0 Å². The zero-order chi connectivity index (χ0) is 8.97. The predicted molar refractivity (Wildman–Crippen MR) is 53.7 cm³/mol. The van der Waals surface area contributed by atoms with Crippen molar-refractivity contribution in [3.8, 4) is 12.3 Å². The van der Waals surface area contributed by atoms with Crippen LogP contribution in [0.4, 0.5) is 0 Å². The highest BCUT2D eigenvalue weighted by atomic mass is 32.2. The van der Waals surface area contributed by atoms with Gasteiger partial charge in [-0.1, -0.05) is 0 Å². The Bertz CT molecular complexity index is 219. The molecule has 2 atom stereocenters. The largest absolute Gasteiger partial charge is 0.391 e. The first kappa shape index (κ1) is 9.63. The fraction of sp³-hybridized carbons (Fsp3) is 0.667. The Kier molecular flexibility index (Phi) is 3.64. The van der Waals surface area contributed by atoms with E-state index in [2.05, 4.69) is 23.0 Å². The molecule has 12 heavy (non-hydrogen) atoms. The summed E-state index contributed by atoms with van der Waals surface area (Å²) in [6.07, 6.45) is 5.23. The van der Waals surface area contributed by atoms with Crippen LogP contribution >= 0.6 is 0 Å². The van der Waals surface area contributed by atoms with E-state index in [1.165, 1.54) is 0 Å². The summed E-state index contributed by atoms with van der Waals surface area (Å²) in [5.74, 6) is 4.69. The molecule has 0 fully saturated rings. The summed E-state index contributed by atoms with van der Waals surface area (Å²) < 4.78 is 2.19. The first-order valence-electron chi connectivity index (χ1n) is 4.09. The summed E-state index contributed by atoms with van der Waals surface area (Å²) in [4.78, 5) is 0. The van der Waals surface area contributed by atoms with Crippen LogP contribution in [0.15, 0.2) is 0 Å². The maximum atomic E-state index is 8.76. The molecule has 0 radical (unpaired) electrons. The summed E-state index contributed by atoms with van der Waals surface area (Å²) in [5.41, 5.74) is 2.20. The molecule has 0 aliphatic carbocycles. The van der Waals surface area contributed by atoms with Gasteiger partial charge >= 0.3 is 5.55 Å². The van der Waals surface area contributed by atoms with Gasteiger partial charge in [0.05, 0.1) is 17.5 Å². The number of hydrogen-bond acceptors (Lipinski definition) is 1. The highest BCUT2D eigenvalue weighted by Crippen LogP contribution is 2.07. The molecule has 3 heteroatoms. The molecule has 0 aromatic carbocycles. The molecule has 1 aliphatic heterocycles. The molecule has 0 aromatic rings. The van der Waals surface area contributed by atoms with Crippen LogP contribution in [0.25, 0.3) is 0 Å². The fourth-order valence-electron chi connectivity index (χ4n) is 1.30. The number of nitrogens with zero attached hydrogens (tertiary/aromatic N) is 1. The Morgan fingerprint density at radius 2 is 2.58 bits per heavy atom. The van der Waals surface area contributed by atoms with Gasteiger partial charge in [0.1, 0.15) is 5.75 Å². The number of terminal acetylenes is 1. The molecule has 1 heterocycles. The van der Waals surface area contributed by atoms with E-state index in [4.69, 9.17) is 11.5 Å². The van der Waals surface area contributed by atoms with E-state index in [0.29, 0.717) is 12.6 Å². The van der Waals surface area contributed by atoms with Crippen molar-refractivity contribution in [2.45, 2.75) is 13.0 Å². The quantitative estimate of drug-likeness (QED) is 0.363. The zero-order valence-electron chi connectivity index (χ0n) is 7.36. The third-order valence-electron chi connectivity index (χ3n) is 1.93.